The number of ether oxygens (including phenoxy) is 1. The fraction of sp³-hybridized carbons (Fsp3) is 0.318. The van der Waals surface area contributed by atoms with Gasteiger partial charge >= 0.3 is 0 Å². The van der Waals surface area contributed by atoms with Crippen molar-refractivity contribution in [1.82, 2.24) is 29.7 Å². The number of nitrogens with zero attached hydrogens (tertiary/aromatic N) is 7. The maximum atomic E-state index is 5.81. The minimum atomic E-state index is 0.145. The zero-order chi connectivity index (χ0) is 21.4. The standard InChI is InChI=1S/C22H24N8O/c1-14-11-30(12-15(2)31-14)22-24-9-7-20(27-22)26-21-10-16(6-8-23-21)17-4-5-18-19(25-17)13-29(3)28-18/h4-10,13-15H,11-12H2,1-3H3,(H,23,24,26,27)/t14-,15+. The van der Waals surface area contributed by atoms with Crippen molar-refractivity contribution in [1.29, 1.82) is 0 Å². The van der Waals surface area contributed by atoms with Gasteiger partial charge in [-0.25, -0.2) is 15.0 Å². The average molecular weight is 416 g/mol. The van der Waals surface area contributed by atoms with Crippen molar-refractivity contribution in [3.8, 4) is 11.3 Å². The summed E-state index contributed by atoms with van der Waals surface area (Å²) >= 11 is 0. The summed E-state index contributed by atoms with van der Waals surface area (Å²) in [6, 6.07) is 9.69. The molecule has 1 saturated heterocycles. The molecule has 0 aromatic carbocycles. The van der Waals surface area contributed by atoms with Crippen LogP contribution in [0.25, 0.3) is 22.3 Å². The molecule has 0 bridgehead atoms. The number of aromatic nitrogens is 6. The number of pyridine rings is 2. The second-order valence-corrected chi connectivity index (χ2v) is 7.86. The van der Waals surface area contributed by atoms with E-state index in [0.717, 1.165) is 35.4 Å². The Morgan fingerprint density at radius 3 is 2.58 bits per heavy atom. The van der Waals surface area contributed by atoms with Gasteiger partial charge in [0.1, 0.15) is 22.7 Å². The van der Waals surface area contributed by atoms with E-state index in [9.17, 15) is 0 Å². The van der Waals surface area contributed by atoms with Crippen LogP contribution in [-0.4, -0.2) is 55.0 Å². The van der Waals surface area contributed by atoms with E-state index in [1.165, 1.54) is 0 Å². The number of hydrogen-bond acceptors (Lipinski definition) is 8. The monoisotopic (exact) mass is 416 g/mol. The Bertz CT molecular complexity index is 1210. The van der Waals surface area contributed by atoms with Gasteiger partial charge in [0.25, 0.3) is 0 Å². The summed E-state index contributed by atoms with van der Waals surface area (Å²) in [6.07, 6.45) is 5.73. The summed E-state index contributed by atoms with van der Waals surface area (Å²) in [6.45, 7) is 5.67. The summed E-state index contributed by atoms with van der Waals surface area (Å²) < 4.78 is 7.58. The van der Waals surface area contributed by atoms with E-state index in [-0.39, 0.29) is 12.2 Å². The van der Waals surface area contributed by atoms with Crippen LogP contribution in [0.15, 0.2) is 48.9 Å². The van der Waals surface area contributed by atoms with Crippen LogP contribution in [-0.2, 0) is 11.8 Å². The molecule has 2 atom stereocenters. The number of hydrogen-bond donors (Lipinski definition) is 1. The summed E-state index contributed by atoms with van der Waals surface area (Å²) in [7, 11) is 1.89. The molecule has 0 aliphatic carbocycles. The highest BCUT2D eigenvalue weighted by molar-refractivity contribution is 5.78. The van der Waals surface area contributed by atoms with E-state index in [4.69, 9.17) is 9.72 Å². The number of aryl methyl sites for hydroxylation is 1. The molecule has 0 radical (unpaired) electrons. The summed E-state index contributed by atoms with van der Waals surface area (Å²) in [5.41, 5.74) is 3.57. The van der Waals surface area contributed by atoms with Crippen LogP contribution >= 0.6 is 0 Å². The van der Waals surface area contributed by atoms with Crippen LogP contribution in [0.3, 0.4) is 0 Å². The lowest BCUT2D eigenvalue weighted by molar-refractivity contribution is -0.00571. The summed E-state index contributed by atoms with van der Waals surface area (Å²) in [5, 5.41) is 7.67. The van der Waals surface area contributed by atoms with Crippen molar-refractivity contribution in [3.05, 3.63) is 48.9 Å². The van der Waals surface area contributed by atoms with Gasteiger partial charge in [0.15, 0.2) is 0 Å². The van der Waals surface area contributed by atoms with Crippen LogP contribution in [0.1, 0.15) is 13.8 Å². The molecule has 1 fully saturated rings. The maximum absolute atomic E-state index is 5.81. The van der Waals surface area contributed by atoms with Gasteiger partial charge in [0, 0.05) is 38.1 Å². The smallest absolute Gasteiger partial charge is 0.227 e. The molecule has 5 heterocycles. The van der Waals surface area contributed by atoms with Crippen LogP contribution in [0.2, 0.25) is 0 Å². The van der Waals surface area contributed by atoms with Gasteiger partial charge in [-0.3, -0.25) is 4.68 Å². The number of morpholine rings is 1. The van der Waals surface area contributed by atoms with Crippen LogP contribution in [0, 0.1) is 0 Å². The van der Waals surface area contributed by atoms with Gasteiger partial charge in [-0.2, -0.15) is 10.1 Å². The third-order valence-electron chi connectivity index (χ3n) is 5.13. The zero-order valence-electron chi connectivity index (χ0n) is 17.7. The molecule has 9 heteroatoms. The minimum Gasteiger partial charge on any atom is -0.372 e. The number of anilines is 3. The molecule has 0 saturated carbocycles. The Labute approximate surface area is 180 Å². The lowest BCUT2D eigenvalue weighted by Gasteiger charge is -2.35. The molecule has 158 valence electrons. The van der Waals surface area contributed by atoms with Crippen molar-refractivity contribution in [3.63, 3.8) is 0 Å². The Morgan fingerprint density at radius 1 is 0.935 bits per heavy atom. The molecule has 0 spiro atoms. The highest BCUT2D eigenvalue weighted by Gasteiger charge is 2.24. The van der Waals surface area contributed by atoms with Crippen molar-refractivity contribution in [2.24, 2.45) is 7.05 Å². The van der Waals surface area contributed by atoms with E-state index in [1.807, 2.05) is 43.6 Å². The highest BCUT2D eigenvalue weighted by atomic mass is 16.5. The third kappa shape index (κ3) is 4.17. The fourth-order valence-corrected chi connectivity index (χ4v) is 3.88. The van der Waals surface area contributed by atoms with Gasteiger partial charge in [0.05, 0.1) is 24.1 Å². The summed E-state index contributed by atoms with van der Waals surface area (Å²) in [4.78, 5) is 20.5. The van der Waals surface area contributed by atoms with E-state index < -0.39 is 0 Å². The fourth-order valence-electron chi connectivity index (χ4n) is 3.88. The summed E-state index contributed by atoms with van der Waals surface area (Å²) in [5.74, 6) is 2.07. The molecule has 31 heavy (non-hydrogen) atoms. The number of fused-ring (bicyclic) bond motifs is 1. The number of nitrogens with one attached hydrogen (secondary N) is 1. The first-order chi connectivity index (χ1) is 15.0. The Kier molecular flexibility index (Phi) is 4.95. The van der Waals surface area contributed by atoms with Gasteiger partial charge in [-0.05, 0) is 44.2 Å². The number of rotatable bonds is 4. The molecular formula is C22H24N8O. The SMILES string of the molecule is C[C@@H]1CN(c2nccc(Nc3cc(-c4ccc5nn(C)cc5n4)ccn3)n2)C[C@H](C)O1. The molecule has 0 unspecified atom stereocenters. The van der Waals surface area contributed by atoms with Crippen molar-refractivity contribution in [2.45, 2.75) is 26.1 Å². The van der Waals surface area contributed by atoms with Crippen LogP contribution < -0.4 is 10.2 Å². The topological polar surface area (TPSA) is 93.9 Å². The van der Waals surface area contributed by atoms with E-state index in [0.29, 0.717) is 17.6 Å². The molecule has 1 N–H and O–H groups in total. The second-order valence-electron chi connectivity index (χ2n) is 7.86. The molecule has 1 aliphatic rings. The predicted octanol–water partition coefficient (Wildman–Crippen LogP) is 3.18. The molecule has 1 aliphatic heterocycles. The van der Waals surface area contributed by atoms with Gasteiger partial charge in [0.2, 0.25) is 5.95 Å². The molecule has 9 nitrogen and oxygen atoms in total. The van der Waals surface area contributed by atoms with E-state index in [2.05, 4.69) is 44.1 Å². The Morgan fingerprint density at radius 2 is 1.74 bits per heavy atom. The predicted molar refractivity (Wildman–Crippen MR) is 119 cm³/mol. The third-order valence-corrected chi connectivity index (χ3v) is 5.13. The normalized spacial score (nSPS) is 19.0. The average Bonchev–Trinajstić information content (AvgIpc) is 3.13. The van der Waals surface area contributed by atoms with Crippen LogP contribution in [0.5, 0.6) is 0 Å². The lowest BCUT2D eigenvalue weighted by Crippen LogP contribution is -2.46. The highest BCUT2D eigenvalue weighted by Crippen LogP contribution is 2.24. The minimum absolute atomic E-state index is 0.145. The van der Waals surface area contributed by atoms with Crippen molar-refractivity contribution in [2.75, 3.05) is 23.3 Å². The first-order valence-electron chi connectivity index (χ1n) is 10.3. The van der Waals surface area contributed by atoms with Crippen molar-refractivity contribution >= 4 is 28.6 Å². The van der Waals surface area contributed by atoms with E-state index >= 15 is 0 Å². The quantitative estimate of drug-likeness (QED) is 0.542. The van der Waals surface area contributed by atoms with E-state index in [1.54, 1.807) is 17.1 Å². The van der Waals surface area contributed by atoms with Gasteiger partial charge < -0.3 is 15.0 Å². The largest absolute Gasteiger partial charge is 0.372 e. The Hall–Kier alpha value is -3.59. The molecule has 4 aromatic rings. The van der Waals surface area contributed by atoms with Gasteiger partial charge in [-0.1, -0.05) is 0 Å². The first kappa shape index (κ1) is 19.4. The molecular weight excluding hydrogens is 392 g/mol. The molecule has 5 rings (SSSR count). The maximum Gasteiger partial charge on any atom is 0.227 e. The molecule has 4 aromatic heterocycles. The Balaban J connectivity index is 1.38. The second kappa shape index (κ2) is 7.92. The lowest BCUT2D eigenvalue weighted by atomic mass is 10.1. The first-order valence-corrected chi connectivity index (χ1v) is 10.3. The van der Waals surface area contributed by atoms with Gasteiger partial charge in [-0.15, -0.1) is 0 Å². The van der Waals surface area contributed by atoms with Crippen LogP contribution in [0.4, 0.5) is 17.6 Å². The molecule has 0 amide bonds. The van der Waals surface area contributed by atoms with Crippen molar-refractivity contribution < 1.29 is 4.74 Å². The zero-order valence-corrected chi connectivity index (χ0v) is 17.7.